The van der Waals surface area contributed by atoms with Gasteiger partial charge in [-0.05, 0) is 43.3 Å². The average Bonchev–Trinajstić information content (AvgIpc) is 3.33. The molecule has 9 heteroatoms. The van der Waals surface area contributed by atoms with Crippen LogP contribution in [0.1, 0.15) is 25.0 Å². The number of para-hydroxylation sites is 2. The largest absolute Gasteiger partial charge is 0.444 e. The Labute approximate surface area is 173 Å². The van der Waals surface area contributed by atoms with Crippen LogP contribution in [0.15, 0.2) is 68.8 Å². The monoisotopic (exact) mass is 460 g/mol. The lowest BCUT2D eigenvalue weighted by atomic mass is 10.2. The molecule has 0 atom stereocenters. The molecular weight excluding hydrogens is 446 g/mol. The molecule has 148 valence electrons. The van der Waals surface area contributed by atoms with Gasteiger partial charge in [-0.3, -0.25) is 4.57 Å². The maximum Gasteiger partial charge on any atom is 0.320 e. The van der Waals surface area contributed by atoms with Crippen LogP contribution in [-0.2, 0) is 11.4 Å². The molecule has 0 saturated heterocycles. The van der Waals surface area contributed by atoms with Crippen molar-refractivity contribution in [3.05, 3.63) is 70.8 Å². The maximum atomic E-state index is 13.5. The summed E-state index contributed by atoms with van der Waals surface area (Å²) in [6.07, 6.45) is 1.47. The molecule has 0 saturated carbocycles. The van der Waals surface area contributed by atoms with Crippen molar-refractivity contribution in [3.63, 3.8) is 0 Å². The third kappa shape index (κ3) is 4.04. The SMILES string of the molecule is C/C(=N/OCc1coc(-c2ccc(Br)cc2)n1)c1nc2ccccc2n1C(F)F. The van der Waals surface area contributed by atoms with Gasteiger partial charge in [0.25, 0.3) is 0 Å². The lowest BCUT2D eigenvalue weighted by Crippen LogP contribution is -2.10. The fourth-order valence-electron chi connectivity index (χ4n) is 2.83. The minimum Gasteiger partial charge on any atom is -0.444 e. The predicted molar refractivity (Wildman–Crippen MR) is 108 cm³/mol. The van der Waals surface area contributed by atoms with E-state index in [0.29, 0.717) is 22.6 Å². The van der Waals surface area contributed by atoms with Crippen LogP contribution in [0.2, 0.25) is 0 Å². The van der Waals surface area contributed by atoms with Crippen LogP contribution in [0, 0.1) is 0 Å². The molecule has 0 radical (unpaired) electrons. The minimum atomic E-state index is -2.74. The number of alkyl halides is 2. The van der Waals surface area contributed by atoms with Crippen LogP contribution in [0.3, 0.4) is 0 Å². The highest BCUT2D eigenvalue weighted by atomic mass is 79.9. The van der Waals surface area contributed by atoms with Gasteiger partial charge in [-0.2, -0.15) is 8.78 Å². The summed E-state index contributed by atoms with van der Waals surface area (Å²) in [4.78, 5) is 13.9. The van der Waals surface area contributed by atoms with Crippen molar-refractivity contribution in [1.29, 1.82) is 0 Å². The van der Waals surface area contributed by atoms with Gasteiger partial charge in [-0.1, -0.05) is 33.2 Å². The van der Waals surface area contributed by atoms with E-state index in [0.717, 1.165) is 14.6 Å². The summed E-state index contributed by atoms with van der Waals surface area (Å²) in [5, 5.41) is 3.93. The Kier molecular flexibility index (Phi) is 5.39. The van der Waals surface area contributed by atoms with E-state index < -0.39 is 6.55 Å². The first-order valence-corrected chi connectivity index (χ1v) is 9.44. The number of aromatic nitrogens is 3. The summed E-state index contributed by atoms with van der Waals surface area (Å²) in [5.41, 5.74) is 2.39. The molecule has 0 N–H and O–H groups in total. The van der Waals surface area contributed by atoms with Crippen molar-refractivity contribution in [2.75, 3.05) is 0 Å². The van der Waals surface area contributed by atoms with E-state index in [1.165, 1.54) is 6.26 Å². The number of hydrogen-bond donors (Lipinski definition) is 0. The first-order chi connectivity index (χ1) is 14.0. The van der Waals surface area contributed by atoms with Crippen molar-refractivity contribution in [3.8, 4) is 11.5 Å². The molecule has 2 aromatic carbocycles. The van der Waals surface area contributed by atoms with E-state index in [-0.39, 0.29) is 18.1 Å². The van der Waals surface area contributed by atoms with Crippen LogP contribution in [0.25, 0.3) is 22.5 Å². The van der Waals surface area contributed by atoms with Gasteiger partial charge in [0, 0.05) is 10.0 Å². The topological polar surface area (TPSA) is 65.4 Å². The molecule has 29 heavy (non-hydrogen) atoms. The van der Waals surface area contributed by atoms with Gasteiger partial charge in [-0.15, -0.1) is 0 Å². The van der Waals surface area contributed by atoms with Crippen molar-refractivity contribution in [2.45, 2.75) is 20.1 Å². The Morgan fingerprint density at radius 3 is 2.69 bits per heavy atom. The van der Waals surface area contributed by atoms with Gasteiger partial charge in [-0.25, -0.2) is 9.97 Å². The summed E-state index contributed by atoms with van der Waals surface area (Å²) in [6, 6.07) is 14.2. The van der Waals surface area contributed by atoms with E-state index in [1.807, 2.05) is 24.3 Å². The molecule has 0 amide bonds. The van der Waals surface area contributed by atoms with Crippen molar-refractivity contribution in [1.82, 2.24) is 14.5 Å². The quantitative estimate of drug-likeness (QED) is 0.269. The summed E-state index contributed by atoms with van der Waals surface area (Å²) in [6.45, 7) is -1.14. The fourth-order valence-corrected chi connectivity index (χ4v) is 3.10. The normalized spacial score (nSPS) is 12.1. The lowest BCUT2D eigenvalue weighted by molar-refractivity contribution is 0.0735. The number of hydrogen-bond acceptors (Lipinski definition) is 5. The van der Waals surface area contributed by atoms with Crippen LogP contribution in [0.5, 0.6) is 0 Å². The van der Waals surface area contributed by atoms with Crippen LogP contribution >= 0.6 is 15.9 Å². The highest BCUT2D eigenvalue weighted by Crippen LogP contribution is 2.24. The first kappa shape index (κ1) is 19.3. The maximum absolute atomic E-state index is 13.5. The Morgan fingerprint density at radius 1 is 1.17 bits per heavy atom. The second-order valence-corrected chi connectivity index (χ2v) is 7.09. The van der Waals surface area contributed by atoms with E-state index >= 15 is 0 Å². The third-order valence-corrected chi connectivity index (χ3v) is 4.70. The van der Waals surface area contributed by atoms with E-state index in [2.05, 4.69) is 31.1 Å². The molecule has 2 heterocycles. The van der Waals surface area contributed by atoms with E-state index in [9.17, 15) is 8.78 Å². The summed E-state index contributed by atoms with van der Waals surface area (Å²) >= 11 is 3.38. The number of nitrogens with zero attached hydrogens (tertiary/aromatic N) is 4. The Balaban J connectivity index is 1.50. The summed E-state index contributed by atoms with van der Waals surface area (Å²) < 4.78 is 34.3. The Hall–Kier alpha value is -3.07. The van der Waals surface area contributed by atoms with E-state index in [1.54, 1.807) is 31.2 Å². The van der Waals surface area contributed by atoms with Gasteiger partial charge in [0.2, 0.25) is 5.89 Å². The zero-order chi connectivity index (χ0) is 20.4. The van der Waals surface area contributed by atoms with Gasteiger partial charge in [0.15, 0.2) is 12.4 Å². The van der Waals surface area contributed by atoms with E-state index in [4.69, 9.17) is 9.25 Å². The predicted octanol–water partition coefficient (Wildman–Crippen LogP) is 5.79. The van der Waals surface area contributed by atoms with Gasteiger partial charge in [0.1, 0.15) is 17.7 Å². The molecule has 0 unspecified atom stereocenters. The second-order valence-electron chi connectivity index (χ2n) is 6.17. The molecular formula is C20H15BrF2N4O2. The fraction of sp³-hybridized carbons (Fsp3) is 0.150. The standard InChI is InChI=1S/C20H15BrF2N4O2/c1-12(18-25-16-4-2-3-5-17(16)27(18)20(22)23)26-29-11-15-10-28-19(24-15)13-6-8-14(21)9-7-13/h2-10,20H,11H2,1H3/b26-12-. The smallest absolute Gasteiger partial charge is 0.320 e. The van der Waals surface area contributed by atoms with Crippen molar-refractivity contribution >= 4 is 32.7 Å². The molecule has 4 rings (SSSR count). The first-order valence-electron chi connectivity index (χ1n) is 8.65. The minimum absolute atomic E-state index is 0.0340. The number of benzene rings is 2. The highest BCUT2D eigenvalue weighted by Gasteiger charge is 2.19. The summed E-state index contributed by atoms with van der Waals surface area (Å²) in [7, 11) is 0. The number of fused-ring (bicyclic) bond motifs is 1. The van der Waals surface area contributed by atoms with Crippen LogP contribution in [0.4, 0.5) is 8.78 Å². The average molecular weight is 461 g/mol. The molecule has 4 aromatic rings. The number of imidazole rings is 1. The number of halogens is 3. The van der Waals surface area contributed by atoms with Gasteiger partial charge >= 0.3 is 6.55 Å². The third-order valence-electron chi connectivity index (χ3n) is 4.17. The number of oxazole rings is 1. The van der Waals surface area contributed by atoms with Crippen LogP contribution < -0.4 is 0 Å². The summed E-state index contributed by atoms with van der Waals surface area (Å²) in [5.74, 6) is 0.508. The van der Waals surface area contributed by atoms with Crippen LogP contribution in [-0.4, -0.2) is 20.2 Å². The molecule has 0 fully saturated rings. The zero-order valence-corrected chi connectivity index (χ0v) is 16.8. The van der Waals surface area contributed by atoms with Gasteiger partial charge in [0.05, 0.1) is 11.0 Å². The number of rotatable bonds is 6. The van der Waals surface area contributed by atoms with Gasteiger partial charge < -0.3 is 9.25 Å². The Bertz CT molecular complexity index is 1170. The zero-order valence-electron chi connectivity index (χ0n) is 15.2. The van der Waals surface area contributed by atoms with Crippen molar-refractivity contribution in [2.24, 2.45) is 5.16 Å². The lowest BCUT2D eigenvalue weighted by Gasteiger charge is -2.07. The molecule has 0 aliphatic heterocycles. The highest BCUT2D eigenvalue weighted by molar-refractivity contribution is 9.10. The molecule has 0 aliphatic carbocycles. The molecule has 0 spiro atoms. The molecule has 0 bridgehead atoms. The molecule has 0 aliphatic rings. The number of oxime groups is 1. The Morgan fingerprint density at radius 2 is 1.93 bits per heavy atom. The second kappa shape index (κ2) is 8.12. The molecule has 6 nitrogen and oxygen atoms in total. The molecule has 2 aromatic heterocycles. The van der Waals surface area contributed by atoms with Crippen molar-refractivity contribution < 1.29 is 18.0 Å².